The number of amides is 2. The van der Waals surface area contributed by atoms with E-state index in [2.05, 4.69) is 31.9 Å². The fraction of sp³-hybridized carbons (Fsp3) is 0.333. The van der Waals surface area contributed by atoms with Gasteiger partial charge in [-0.2, -0.15) is 0 Å². The summed E-state index contributed by atoms with van der Waals surface area (Å²) in [6.07, 6.45) is -0.997. The van der Waals surface area contributed by atoms with Crippen molar-refractivity contribution in [3.63, 3.8) is 0 Å². The number of hydrogen-bond donors (Lipinski definition) is 3. The van der Waals surface area contributed by atoms with Crippen LogP contribution in [0.5, 0.6) is 0 Å². The van der Waals surface area contributed by atoms with E-state index in [0.717, 1.165) is 10.2 Å². The molecule has 10 heteroatoms. The predicted molar refractivity (Wildman–Crippen MR) is 99.8 cm³/mol. The highest BCUT2D eigenvalue weighted by molar-refractivity contribution is 9.10. The van der Waals surface area contributed by atoms with E-state index in [4.69, 9.17) is 47.0 Å². The number of rotatable bonds is 3. The van der Waals surface area contributed by atoms with Gasteiger partial charge in [-0.05, 0) is 36.5 Å². The number of thiocarbonyl (C=S) groups is 1. The lowest BCUT2D eigenvalue weighted by Gasteiger charge is -2.28. The van der Waals surface area contributed by atoms with E-state index in [1.807, 2.05) is 24.3 Å². The molecule has 0 saturated heterocycles. The Morgan fingerprint density at radius 1 is 1.23 bits per heavy atom. The number of nitrogens with zero attached hydrogens (tertiary/aromatic N) is 1. The standard InChI is InChI=1S/C12H14BrCl3N4OS/c1-20(2)11(21)19-9(12(14,15)16)18-10(22)17-8-5-3-7(13)4-6-8/h3-6,9H,1-2H3,(H,19,21)(H2,17,18,22)/t9-/m1/s1. The van der Waals surface area contributed by atoms with E-state index in [1.165, 1.54) is 4.90 Å². The molecular formula is C12H14BrCl3N4OS. The highest BCUT2D eigenvalue weighted by Crippen LogP contribution is 2.29. The molecule has 0 aliphatic rings. The molecule has 0 saturated carbocycles. The van der Waals surface area contributed by atoms with E-state index < -0.39 is 16.0 Å². The van der Waals surface area contributed by atoms with Crippen molar-refractivity contribution < 1.29 is 4.79 Å². The van der Waals surface area contributed by atoms with Gasteiger partial charge >= 0.3 is 6.03 Å². The molecule has 0 radical (unpaired) electrons. The molecule has 3 N–H and O–H groups in total. The summed E-state index contributed by atoms with van der Waals surface area (Å²) in [4.78, 5) is 13.0. The predicted octanol–water partition coefficient (Wildman–Crippen LogP) is 3.70. The van der Waals surface area contributed by atoms with Gasteiger partial charge in [-0.3, -0.25) is 0 Å². The molecule has 5 nitrogen and oxygen atoms in total. The quantitative estimate of drug-likeness (QED) is 0.375. The number of hydrogen-bond acceptors (Lipinski definition) is 2. The summed E-state index contributed by atoms with van der Waals surface area (Å²) in [6.45, 7) is 0. The Morgan fingerprint density at radius 3 is 2.23 bits per heavy atom. The number of benzene rings is 1. The van der Waals surface area contributed by atoms with Gasteiger partial charge in [0.25, 0.3) is 0 Å². The van der Waals surface area contributed by atoms with E-state index in [9.17, 15) is 4.79 Å². The summed E-state index contributed by atoms with van der Waals surface area (Å²) in [7, 11) is 3.15. The first kappa shape index (κ1) is 19.6. The fourth-order valence-electron chi connectivity index (χ4n) is 1.28. The minimum atomic E-state index is -1.78. The van der Waals surface area contributed by atoms with Crippen molar-refractivity contribution in [2.45, 2.75) is 9.96 Å². The summed E-state index contributed by atoms with van der Waals surface area (Å²) < 4.78 is -0.841. The van der Waals surface area contributed by atoms with Crippen LogP contribution in [-0.2, 0) is 0 Å². The van der Waals surface area contributed by atoms with Gasteiger partial charge in [0.15, 0.2) is 11.3 Å². The van der Waals surface area contributed by atoms with E-state index in [0.29, 0.717) is 0 Å². The van der Waals surface area contributed by atoms with Crippen LogP contribution in [0.2, 0.25) is 0 Å². The Balaban J connectivity index is 2.70. The summed E-state index contributed by atoms with van der Waals surface area (Å²) in [5.41, 5.74) is 0.753. The Kier molecular flexibility index (Phi) is 7.48. The van der Waals surface area contributed by atoms with Crippen molar-refractivity contribution in [3.05, 3.63) is 28.7 Å². The van der Waals surface area contributed by atoms with Crippen molar-refractivity contribution in [2.24, 2.45) is 0 Å². The van der Waals surface area contributed by atoms with Crippen molar-refractivity contribution in [3.8, 4) is 0 Å². The second-order valence-electron chi connectivity index (χ2n) is 4.42. The van der Waals surface area contributed by atoms with Crippen LogP contribution in [-0.4, -0.2) is 40.1 Å². The summed E-state index contributed by atoms with van der Waals surface area (Å²) in [6, 6.07) is 6.92. The first-order valence-corrected chi connectivity index (χ1v) is 8.30. The SMILES string of the molecule is CN(C)C(=O)N[C@@H](NC(=S)Nc1ccc(Br)cc1)C(Cl)(Cl)Cl. The average Bonchev–Trinajstić information content (AvgIpc) is 2.39. The van der Waals surface area contributed by atoms with Gasteiger partial charge in [0.1, 0.15) is 0 Å². The second kappa shape index (κ2) is 8.40. The molecule has 0 aliphatic heterocycles. The molecule has 0 spiro atoms. The smallest absolute Gasteiger partial charge is 0.318 e. The lowest BCUT2D eigenvalue weighted by atomic mass is 10.3. The van der Waals surface area contributed by atoms with E-state index in [-0.39, 0.29) is 5.11 Å². The van der Waals surface area contributed by atoms with Crippen LogP contribution in [0.4, 0.5) is 10.5 Å². The first-order valence-electron chi connectivity index (χ1n) is 5.97. The summed E-state index contributed by atoms with van der Waals surface area (Å²) in [5, 5.41) is 8.43. The maximum absolute atomic E-state index is 11.7. The van der Waals surface area contributed by atoms with Gasteiger partial charge in [0.2, 0.25) is 3.79 Å². The lowest BCUT2D eigenvalue weighted by Crippen LogP contribution is -2.57. The summed E-state index contributed by atoms with van der Waals surface area (Å²) in [5.74, 6) is 0. The number of anilines is 1. The number of carbonyl (C=O) groups excluding carboxylic acids is 1. The molecule has 0 aromatic heterocycles. The molecule has 0 unspecified atom stereocenters. The van der Waals surface area contributed by atoms with Gasteiger partial charge in [-0.1, -0.05) is 50.7 Å². The Hall–Kier alpha value is -0.470. The van der Waals surface area contributed by atoms with Gasteiger partial charge in [0, 0.05) is 24.3 Å². The van der Waals surface area contributed by atoms with E-state index >= 15 is 0 Å². The number of carbonyl (C=O) groups is 1. The van der Waals surface area contributed by atoms with Crippen molar-refractivity contribution in [2.75, 3.05) is 19.4 Å². The third kappa shape index (κ3) is 6.75. The number of alkyl halides is 3. The van der Waals surface area contributed by atoms with Gasteiger partial charge in [-0.25, -0.2) is 4.79 Å². The topological polar surface area (TPSA) is 56.4 Å². The van der Waals surface area contributed by atoms with Gasteiger partial charge < -0.3 is 20.9 Å². The van der Waals surface area contributed by atoms with E-state index in [1.54, 1.807) is 14.1 Å². The molecule has 0 bridgehead atoms. The molecule has 0 heterocycles. The first-order chi connectivity index (χ1) is 10.1. The molecule has 0 fully saturated rings. The minimum Gasteiger partial charge on any atom is -0.339 e. The maximum atomic E-state index is 11.7. The highest BCUT2D eigenvalue weighted by Gasteiger charge is 2.35. The van der Waals surface area contributed by atoms with Crippen molar-refractivity contribution in [1.29, 1.82) is 0 Å². The monoisotopic (exact) mass is 446 g/mol. The van der Waals surface area contributed by atoms with Crippen LogP contribution in [0.25, 0.3) is 0 Å². The average molecular weight is 449 g/mol. The highest BCUT2D eigenvalue weighted by atomic mass is 79.9. The number of urea groups is 1. The van der Waals surface area contributed by atoms with Gasteiger partial charge in [-0.15, -0.1) is 0 Å². The van der Waals surface area contributed by atoms with Crippen molar-refractivity contribution >= 4 is 79.8 Å². The van der Waals surface area contributed by atoms with Crippen LogP contribution < -0.4 is 16.0 Å². The second-order valence-corrected chi connectivity index (χ2v) is 8.12. The van der Waals surface area contributed by atoms with Crippen LogP contribution in [0.1, 0.15) is 0 Å². The van der Waals surface area contributed by atoms with Crippen LogP contribution in [0.3, 0.4) is 0 Å². The number of halogens is 4. The zero-order chi connectivity index (χ0) is 16.9. The molecule has 1 rings (SSSR count). The molecule has 22 heavy (non-hydrogen) atoms. The maximum Gasteiger partial charge on any atom is 0.318 e. The Bertz CT molecular complexity index is 536. The molecule has 0 aliphatic carbocycles. The Morgan fingerprint density at radius 2 is 1.77 bits per heavy atom. The van der Waals surface area contributed by atoms with Crippen LogP contribution in [0, 0.1) is 0 Å². The lowest BCUT2D eigenvalue weighted by molar-refractivity contribution is 0.212. The molecule has 1 aromatic carbocycles. The zero-order valence-corrected chi connectivity index (χ0v) is 16.3. The molecule has 1 aromatic rings. The van der Waals surface area contributed by atoms with Crippen LogP contribution >= 0.6 is 63.0 Å². The number of nitrogens with one attached hydrogen (secondary N) is 3. The van der Waals surface area contributed by atoms with Crippen molar-refractivity contribution in [1.82, 2.24) is 15.5 Å². The minimum absolute atomic E-state index is 0.206. The van der Waals surface area contributed by atoms with Crippen LogP contribution in [0.15, 0.2) is 28.7 Å². The molecule has 122 valence electrons. The molecular weight excluding hydrogens is 434 g/mol. The third-order valence-electron chi connectivity index (χ3n) is 2.38. The molecule has 2 amide bonds. The van der Waals surface area contributed by atoms with Gasteiger partial charge in [0.05, 0.1) is 0 Å². The Labute approximate surface area is 157 Å². The summed E-state index contributed by atoms with van der Waals surface area (Å²) >= 11 is 26.1. The zero-order valence-electron chi connectivity index (χ0n) is 11.7. The largest absolute Gasteiger partial charge is 0.339 e. The molecule has 1 atom stereocenters. The normalized spacial score (nSPS) is 12.3. The fourth-order valence-corrected chi connectivity index (χ4v) is 2.11. The third-order valence-corrected chi connectivity index (χ3v) is 3.78.